The van der Waals surface area contributed by atoms with Crippen LogP contribution in [-0.4, -0.2) is 43.0 Å². The number of sulfonamides is 1. The molecular weight excluding hydrogens is 513 g/mol. The van der Waals surface area contributed by atoms with E-state index in [4.69, 9.17) is 4.74 Å². The van der Waals surface area contributed by atoms with E-state index < -0.39 is 26.7 Å². The number of aryl methyl sites for hydroxylation is 1. The minimum atomic E-state index is -4.30. The van der Waals surface area contributed by atoms with E-state index in [9.17, 15) is 22.4 Å². The second-order valence-electron chi connectivity index (χ2n) is 8.77. The average Bonchev–Trinajstić information content (AvgIpc) is 2.89. The summed E-state index contributed by atoms with van der Waals surface area (Å²) in [6.45, 7) is 3.51. The number of rotatable bonds is 8. The molecule has 4 rings (SSSR count). The van der Waals surface area contributed by atoms with E-state index in [2.05, 4.69) is 20.0 Å². The predicted octanol–water partition coefficient (Wildman–Crippen LogP) is 3.10. The van der Waals surface area contributed by atoms with Crippen LogP contribution >= 0.6 is 0 Å². The highest BCUT2D eigenvalue weighted by Gasteiger charge is 2.22. The highest BCUT2D eigenvalue weighted by molar-refractivity contribution is 7.92. The highest BCUT2D eigenvalue weighted by Crippen LogP contribution is 2.31. The Hall–Kier alpha value is -4.32. The van der Waals surface area contributed by atoms with Crippen molar-refractivity contribution in [2.45, 2.75) is 25.3 Å². The summed E-state index contributed by atoms with van der Waals surface area (Å²) >= 11 is 0. The molecule has 0 saturated heterocycles. The van der Waals surface area contributed by atoms with Gasteiger partial charge in [-0.2, -0.15) is 0 Å². The number of hydrogen-bond acceptors (Lipinski definition) is 7. The molecule has 0 aliphatic carbocycles. The van der Waals surface area contributed by atoms with Gasteiger partial charge in [-0.05, 0) is 48.4 Å². The molecule has 198 valence electrons. The monoisotopic (exact) mass is 539 g/mol. The van der Waals surface area contributed by atoms with Crippen LogP contribution in [0.25, 0.3) is 22.0 Å². The largest absolute Gasteiger partial charge is 0.480 e. The molecule has 2 N–H and O–H groups in total. The van der Waals surface area contributed by atoms with E-state index in [1.165, 1.54) is 49.4 Å². The smallest absolute Gasteiger partial charge is 0.264 e. The first-order valence-corrected chi connectivity index (χ1v) is 13.1. The Morgan fingerprint density at radius 3 is 2.58 bits per heavy atom. The fraction of sp³-hybridized carbons (Fsp3) is 0.231. The summed E-state index contributed by atoms with van der Waals surface area (Å²) in [6, 6.07) is 10.3. The van der Waals surface area contributed by atoms with E-state index in [-0.39, 0.29) is 29.6 Å². The number of aromatic nitrogens is 3. The van der Waals surface area contributed by atoms with Gasteiger partial charge in [0.1, 0.15) is 16.4 Å². The Morgan fingerprint density at radius 1 is 1.13 bits per heavy atom. The molecule has 12 heteroatoms. The van der Waals surface area contributed by atoms with Crippen LogP contribution in [0.1, 0.15) is 12.5 Å². The number of benzene rings is 2. The van der Waals surface area contributed by atoms with Crippen molar-refractivity contribution in [2.24, 2.45) is 5.92 Å². The van der Waals surface area contributed by atoms with Gasteiger partial charge < -0.3 is 10.1 Å². The number of fused-ring (bicyclic) bond motifs is 1. The number of ether oxygens (including phenoxy) is 1. The zero-order valence-electron chi connectivity index (χ0n) is 21.1. The Morgan fingerprint density at radius 2 is 1.89 bits per heavy atom. The molecule has 1 amide bonds. The average molecular weight is 540 g/mol. The Kier molecular flexibility index (Phi) is 7.44. The lowest BCUT2D eigenvalue weighted by atomic mass is 10.0. The lowest BCUT2D eigenvalue weighted by Gasteiger charge is -2.14. The minimum absolute atomic E-state index is 0.00641. The number of nitrogens with zero attached hydrogens (tertiary/aromatic N) is 3. The molecule has 0 aliphatic rings. The van der Waals surface area contributed by atoms with Crippen LogP contribution < -0.4 is 20.3 Å². The van der Waals surface area contributed by atoms with Gasteiger partial charge in [0, 0.05) is 25.4 Å². The van der Waals surface area contributed by atoms with Crippen LogP contribution in [0.3, 0.4) is 0 Å². The van der Waals surface area contributed by atoms with Crippen LogP contribution in [0, 0.1) is 18.7 Å². The van der Waals surface area contributed by atoms with Crippen molar-refractivity contribution in [2.75, 3.05) is 18.9 Å². The Balaban J connectivity index is 1.73. The number of hydrogen-bond donors (Lipinski definition) is 2. The lowest BCUT2D eigenvalue weighted by molar-refractivity contribution is -0.124. The van der Waals surface area contributed by atoms with Crippen LogP contribution in [0.4, 0.5) is 10.1 Å². The molecule has 0 saturated carbocycles. The normalized spacial score (nSPS) is 12.2. The van der Waals surface area contributed by atoms with Crippen molar-refractivity contribution in [1.29, 1.82) is 0 Å². The maximum atomic E-state index is 14.4. The molecule has 2 aromatic heterocycles. The van der Waals surface area contributed by atoms with Crippen molar-refractivity contribution >= 4 is 32.5 Å². The van der Waals surface area contributed by atoms with Crippen LogP contribution in [0.2, 0.25) is 0 Å². The third kappa shape index (κ3) is 5.35. The topological polar surface area (TPSA) is 132 Å². The summed E-state index contributed by atoms with van der Waals surface area (Å²) < 4.78 is 49.2. The molecule has 38 heavy (non-hydrogen) atoms. The molecule has 2 heterocycles. The maximum absolute atomic E-state index is 14.4. The molecule has 10 nitrogen and oxygen atoms in total. The third-order valence-electron chi connectivity index (χ3n) is 5.99. The van der Waals surface area contributed by atoms with Gasteiger partial charge in [0.25, 0.3) is 15.6 Å². The van der Waals surface area contributed by atoms with Crippen LogP contribution in [0.5, 0.6) is 5.88 Å². The molecule has 1 unspecified atom stereocenters. The second kappa shape index (κ2) is 10.6. The third-order valence-corrected chi connectivity index (χ3v) is 7.39. The SMILES string of the molecule is CNC(=O)C(C)Cn1cnc2ccc(-c3cnc(OC)c(NS(=O)(=O)c4ccc(C)cc4F)c3)cc2c1=O. The van der Waals surface area contributed by atoms with E-state index in [0.29, 0.717) is 27.6 Å². The first kappa shape index (κ1) is 26.7. The van der Waals surface area contributed by atoms with E-state index in [0.717, 1.165) is 6.07 Å². The molecular formula is C26H26FN5O5S. The van der Waals surface area contributed by atoms with Crippen molar-refractivity contribution < 1.29 is 22.3 Å². The number of carbonyl (C=O) groups excluding carboxylic acids is 1. The fourth-order valence-corrected chi connectivity index (χ4v) is 5.07. The number of nitrogens with one attached hydrogen (secondary N) is 2. The molecule has 2 aromatic carbocycles. The summed E-state index contributed by atoms with van der Waals surface area (Å²) in [6.07, 6.45) is 2.86. The van der Waals surface area contributed by atoms with E-state index in [1.54, 1.807) is 32.0 Å². The summed E-state index contributed by atoms with van der Waals surface area (Å²) in [5.74, 6) is -1.54. The Labute approximate surface area is 218 Å². The summed E-state index contributed by atoms with van der Waals surface area (Å²) in [4.78, 5) is 33.1. The van der Waals surface area contributed by atoms with Crippen molar-refractivity contribution in [3.05, 3.63) is 76.7 Å². The number of pyridine rings is 1. The number of halogens is 1. The second-order valence-corrected chi connectivity index (χ2v) is 10.4. The number of methoxy groups -OCH3 is 1. The van der Waals surface area contributed by atoms with Gasteiger partial charge in [0.2, 0.25) is 11.8 Å². The first-order chi connectivity index (χ1) is 18.0. The zero-order chi connectivity index (χ0) is 27.6. The number of carbonyl (C=O) groups is 1. The van der Waals surface area contributed by atoms with Crippen molar-refractivity contribution in [3.8, 4) is 17.0 Å². The molecule has 0 aliphatic heterocycles. The highest BCUT2D eigenvalue weighted by atomic mass is 32.2. The predicted molar refractivity (Wildman–Crippen MR) is 141 cm³/mol. The lowest BCUT2D eigenvalue weighted by Crippen LogP contribution is -2.32. The van der Waals surface area contributed by atoms with Crippen molar-refractivity contribution in [3.63, 3.8) is 0 Å². The molecule has 0 fully saturated rings. The minimum Gasteiger partial charge on any atom is -0.480 e. The van der Waals surface area contributed by atoms with Gasteiger partial charge in [-0.15, -0.1) is 0 Å². The fourth-order valence-electron chi connectivity index (χ4n) is 3.96. The van der Waals surface area contributed by atoms with Gasteiger partial charge in [-0.1, -0.05) is 19.1 Å². The molecule has 0 bridgehead atoms. The number of anilines is 1. The van der Waals surface area contributed by atoms with Gasteiger partial charge in [-0.25, -0.2) is 22.8 Å². The first-order valence-electron chi connectivity index (χ1n) is 11.6. The number of amides is 1. The van der Waals surface area contributed by atoms with E-state index >= 15 is 0 Å². The van der Waals surface area contributed by atoms with Gasteiger partial charge in [0.15, 0.2) is 0 Å². The molecule has 0 spiro atoms. The zero-order valence-corrected chi connectivity index (χ0v) is 22.0. The summed E-state index contributed by atoms with van der Waals surface area (Å²) in [5.41, 5.74) is 1.74. The van der Waals surface area contributed by atoms with Crippen molar-refractivity contribution in [1.82, 2.24) is 19.9 Å². The summed E-state index contributed by atoms with van der Waals surface area (Å²) in [7, 11) is -1.44. The molecule has 0 radical (unpaired) electrons. The van der Waals surface area contributed by atoms with Gasteiger partial charge >= 0.3 is 0 Å². The van der Waals surface area contributed by atoms with Crippen LogP contribution in [-0.2, 0) is 21.4 Å². The molecule has 1 atom stereocenters. The standard InChI is InChI=1S/C26H26FN5O5S/c1-15-5-8-23(20(27)9-15)38(35,36)31-22-11-18(12-29-25(22)37-4)17-6-7-21-19(10-17)26(34)32(14-30-21)13-16(2)24(33)28-3/h5-12,14,16,31H,13H2,1-4H3,(H,28,33). The van der Waals surface area contributed by atoms with E-state index in [1.807, 2.05) is 0 Å². The van der Waals surface area contributed by atoms with Gasteiger partial charge in [0.05, 0.1) is 30.3 Å². The quantitative estimate of drug-likeness (QED) is 0.352. The van der Waals surface area contributed by atoms with Gasteiger partial charge in [-0.3, -0.25) is 18.9 Å². The molecule has 4 aromatic rings. The Bertz CT molecular complexity index is 1700. The maximum Gasteiger partial charge on any atom is 0.264 e. The summed E-state index contributed by atoms with van der Waals surface area (Å²) in [5, 5.41) is 2.87. The van der Waals surface area contributed by atoms with Crippen LogP contribution in [0.15, 0.2) is 64.7 Å².